The van der Waals surface area contributed by atoms with Gasteiger partial charge in [0.25, 0.3) is 5.60 Å². The van der Waals surface area contributed by atoms with Crippen molar-refractivity contribution < 1.29 is 41.0 Å². The predicted molar refractivity (Wildman–Crippen MR) is 93.2 cm³/mol. The highest BCUT2D eigenvalue weighted by Crippen LogP contribution is 2.55. The third-order valence-electron chi connectivity index (χ3n) is 6.14. The van der Waals surface area contributed by atoms with Crippen molar-refractivity contribution in [1.29, 1.82) is 0 Å². The Morgan fingerprint density at radius 1 is 1.07 bits per heavy atom. The van der Waals surface area contributed by atoms with Crippen molar-refractivity contribution in [2.75, 3.05) is 0 Å². The first-order valence-electron chi connectivity index (χ1n) is 8.91. The average molecular weight is 516 g/mol. The van der Waals surface area contributed by atoms with Gasteiger partial charge in [-0.25, -0.2) is 0 Å². The van der Waals surface area contributed by atoms with E-state index in [1.807, 2.05) is 29.5 Å². The molecular formula is C17H23F6IO3. The van der Waals surface area contributed by atoms with E-state index < -0.39 is 51.7 Å². The largest absolute Gasteiger partial charge is 0.461 e. The Hall–Kier alpha value is -0.260. The molecule has 2 aliphatic carbocycles. The zero-order valence-corrected chi connectivity index (χ0v) is 17.1. The third-order valence-corrected chi connectivity index (χ3v) is 7.35. The van der Waals surface area contributed by atoms with Gasteiger partial charge in [0.1, 0.15) is 9.53 Å². The topological polar surface area (TPSA) is 46.5 Å². The van der Waals surface area contributed by atoms with Gasteiger partial charge >= 0.3 is 18.3 Å². The van der Waals surface area contributed by atoms with Crippen LogP contribution in [0.4, 0.5) is 26.3 Å². The zero-order chi connectivity index (χ0) is 20.8. The maximum absolute atomic E-state index is 13.1. The molecule has 3 nitrogen and oxygen atoms in total. The van der Waals surface area contributed by atoms with Crippen LogP contribution in [0.2, 0.25) is 0 Å². The van der Waals surface area contributed by atoms with Gasteiger partial charge in [0.05, 0.1) is 0 Å². The molecule has 0 amide bonds. The molecule has 0 spiro atoms. The number of carbonyl (C=O) groups is 1. The number of alkyl halides is 7. The second-order valence-corrected chi connectivity index (χ2v) is 10.1. The second-order valence-electron chi connectivity index (χ2n) is 7.77. The van der Waals surface area contributed by atoms with E-state index in [2.05, 4.69) is 0 Å². The van der Waals surface area contributed by atoms with Gasteiger partial charge in [0, 0.05) is 5.92 Å². The molecule has 2 saturated carbocycles. The number of rotatable bonds is 4. The standard InChI is InChI=1S/C17H23F6IO3/c1-3-14(2,24)13(25)27-12-7-4-9-8-10(5-6-11(9)12)15(26,16(18,19)20)17(21,22)23/h9-12,26H,3-8H2,1-2H3. The zero-order valence-electron chi connectivity index (χ0n) is 15.0. The number of ether oxygens (including phenoxy) is 1. The third kappa shape index (κ3) is 4.20. The molecule has 0 heterocycles. The Balaban J connectivity index is 2.12. The van der Waals surface area contributed by atoms with E-state index in [4.69, 9.17) is 4.74 Å². The van der Waals surface area contributed by atoms with Gasteiger partial charge in [0.2, 0.25) is 0 Å². The van der Waals surface area contributed by atoms with Crippen molar-refractivity contribution in [3.63, 3.8) is 0 Å². The van der Waals surface area contributed by atoms with E-state index in [9.17, 15) is 36.2 Å². The highest BCUT2D eigenvalue weighted by Gasteiger charge is 2.74. The van der Waals surface area contributed by atoms with Gasteiger partial charge in [-0.2, -0.15) is 26.3 Å². The van der Waals surface area contributed by atoms with Crippen LogP contribution in [0.15, 0.2) is 0 Å². The molecule has 27 heavy (non-hydrogen) atoms. The molecule has 5 unspecified atom stereocenters. The van der Waals surface area contributed by atoms with Crippen molar-refractivity contribution in [1.82, 2.24) is 0 Å². The van der Waals surface area contributed by atoms with E-state index in [0.29, 0.717) is 19.3 Å². The lowest BCUT2D eigenvalue weighted by molar-refractivity contribution is -0.388. The fourth-order valence-corrected chi connectivity index (χ4v) is 4.38. The lowest BCUT2D eigenvalue weighted by atomic mass is 9.68. The Kier molecular flexibility index (Phi) is 6.42. The molecule has 0 saturated heterocycles. The molecule has 0 aromatic carbocycles. The van der Waals surface area contributed by atoms with Crippen LogP contribution < -0.4 is 0 Å². The molecule has 0 aromatic heterocycles. The molecule has 0 aliphatic heterocycles. The van der Waals surface area contributed by atoms with Gasteiger partial charge < -0.3 is 9.84 Å². The van der Waals surface area contributed by atoms with Crippen LogP contribution in [-0.2, 0) is 9.53 Å². The summed E-state index contributed by atoms with van der Waals surface area (Å²) in [7, 11) is 0. The number of hydrogen-bond acceptors (Lipinski definition) is 3. The van der Waals surface area contributed by atoms with Gasteiger partial charge in [-0.1, -0.05) is 29.5 Å². The minimum Gasteiger partial charge on any atom is -0.461 e. The molecule has 2 rings (SSSR count). The lowest BCUT2D eigenvalue weighted by Crippen LogP contribution is -2.62. The Bertz CT molecular complexity index is 546. The normalized spacial score (nSPS) is 31.9. The summed E-state index contributed by atoms with van der Waals surface area (Å²) in [6.45, 7) is 3.54. The van der Waals surface area contributed by atoms with E-state index in [1.165, 1.54) is 0 Å². The molecule has 0 aromatic rings. The van der Waals surface area contributed by atoms with Crippen molar-refractivity contribution in [3.05, 3.63) is 0 Å². The summed E-state index contributed by atoms with van der Waals surface area (Å²) >= 11 is 1.97. The number of esters is 1. The number of halogens is 7. The van der Waals surface area contributed by atoms with Gasteiger partial charge in [-0.15, -0.1) is 0 Å². The summed E-state index contributed by atoms with van der Waals surface area (Å²) < 4.78 is 83.5. The van der Waals surface area contributed by atoms with E-state index in [-0.39, 0.29) is 18.8 Å². The molecule has 0 radical (unpaired) electrons. The summed E-state index contributed by atoms with van der Waals surface area (Å²) in [5, 5.41) is 9.64. The Morgan fingerprint density at radius 2 is 1.63 bits per heavy atom. The van der Waals surface area contributed by atoms with Gasteiger partial charge in [-0.3, -0.25) is 4.79 Å². The van der Waals surface area contributed by atoms with Crippen LogP contribution in [0.5, 0.6) is 0 Å². The molecule has 2 aliphatic rings. The van der Waals surface area contributed by atoms with Crippen LogP contribution in [0.1, 0.15) is 52.4 Å². The first-order valence-corrected chi connectivity index (χ1v) is 9.98. The van der Waals surface area contributed by atoms with E-state index >= 15 is 0 Å². The monoisotopic (exact) mass is 516 g/mol. The van der Waals surface area contributed by atoms with Gasteiger partial charge in [0.15, 0.2) is 0 Å². The van der Waals surface area contributed by atoms with E-state index in [1.54, 1.807) is 6.92 Å². The first kappa shape index (κ1) is 23.0. The summed E-state index contributed by atoms with van der Waals surface area (Å²) in [6, 6.07) is 0. The predicted octanol–water partition coefficient (Wildman–Crippen LogP) is 5.18. The van der Waals surface area contributed by atoms with Crippen molar-refractivity contribution in [2.45, 2.75) is 79.9 Å². The van der Waals surface area contributed by atoms with Crippen molar-refractivity contribution in [2.24, 2.45) is 17.8 Å². The number of carbonyl (C=O) groups excluding carboxylic acids is 1. The minimum absolute atomic E-state index is 0.0613. The maximum Gasteiger partial charge on any atom is 0.426 e. The average Bonchev–Trinajstić information content (AvgIpc) is 2.94. The van der Waals surface area contributed by atoms with Crippen LogP contribution >= 0.6 is 22.6 Å². The molecule has 10 heteroatoms. The molecule has 158 valence electrons. The van der Waals surface area contributed by atoms with Gasteiger partial charge in [-0.05, 0) is 57.3 Å². The number of fused-ring (bicyclic) bond motifs is 1. The summed E-state index contributed by atoms with van der Waals surface area (Å²) in [5.74, 6) is -3.06. The molecule has 5 atom stereocenters. The Labute approximate surface area is 167 Å². The summed E-state index contributed by atoms with van der Waals surface area (Å²) in [4.78, 5) is 12.2. The second kappa shape index (κ2) is 7.53. The maximum atomic E-state index is 13.1. The smallest absolute Gasteiger partial charge is 0.426 e. The molecule has 2 fully saturated rings. The molecule has 1 N–H and O–H groups in total. The van der Waals surface area contributed by atoms with Crippen molar-refractivity contribution in [3.8, 4) is 0 Å². The summed E-state index contributed by atoms with van der Waals surface area (Å²) in [5.41, 5.74) is -4.71. The quantitative estimate of drug-likeness (QED) is 0.243. The molecular weight excluding hydrogens is 493 g/mol. The van der Waals surface area contributed by atoms with Crippen molar-refractivity contribution >= 4 is 28.6 Å². The number of hydrogen-bond donors (Lipinski definition) is 1. The fraction of sp³-hybridized carbons (Fsp3) is 0.941. The minimum atomic E-state index is -5.79. The fourth-order valence-electron chi connectivity index (χ4n) is 4.26. The highest BCUT2D eigenvalue weighted by molar-refractivity contribution is 14.1. The van der Waals surface area contributed by atoms with E-state index in [0.717, 1.165) is 0 Å². The molecule has 0 bridgehead atoms. The SMILES string of the molecule is CCC(C)(I)C(=O)OC1CCC2CC(C(O)(C(F)(F)F)C(F)(F)F)CCC21. The Morgan fingerprint density at radius 3 is 2.11 bits per heavy atom. The summed E-state index contributed by atoms with van der Waals surface area (Å²) in [6.07, 6.45) is -11.5. The highest BCUT2D eigenvalue weighted by atomic mass is 127. The lowest BCUT2D eigenvalue weighted by Gasteiger charge is -2.44. The van der Waals surface area contributed by atoms with Crippen LogP contribution in [0.25, 0.3) is 0 Å². The van der Waals surface area contributed by atoms with Crippen LogP contribution in [0, 0.1) is 17.8 Å². The number of aliphatic hydroxyl groups is 1. The van der Waals surface area contributed by atoms with Crippen LogP contribution in [-0.4, -0.2) is 38.6 Å². The first-order chi connectivity index (χ1) is 12.1. The van der Waals surface area contributed by atoms with Crippen LogP contribution in [0.3, 0.4) is 0 Å².